The highest BCUT2D eigenvalue weighted by Crippen LogP contribution is 2.06. The maximum Gasteiger partial charge on any atom is 0.0730 e. The molecule has 0 saturated carbocycles. The van der Waals surface area contributed by atoms with Gasteiger partial charge in [-0.2, -0.15) is 0 Å². The molecule has 2 unspecified atom stereocenters. The van der Waals surface area contributed by atoms with E-state index in [1.54, 1.807) is 6.20 Å². The van der Waals surface area contributed by atoms with Crippen LogP contribution in [0.1, 0.15) is 18.2 Å². The quantitative estimate of drug-likeness (QED) is 0.832. The summed E-state index contributed by atoms with van der Waals surface area (Å²) >= 11 is 0. The first-order chi connectivity index (χ1) is 9.25. The van der Waals surface area contributed by atoms with Gasteiger partial charge in [-0.15, -0.1) is 0 Å². The molecule has 0 saturated heterocycles. The van der Waals surface area contributed by atoms with Crippen molar-refractivity contribution >= 4 is 0 Å². The average molecular weight is 256 g/mol. The monoisotopic (exact) mass is 256 g/mol. The largest absolute Gasteiger partial charge is 0.391 e. The second kappa shape index (κ2) is 7.02. The molecule has 0 aliphatic carbocycles. The Balaban J connectivity index is 1.81. The first-order valence-corrected chi connectivity index (χ1v) is 6.61. The third kappa shape index (κ3) is 4.47. The van der Waals surface area contributed by atoms with Crippen LogP contribution >= 0.6 is 0 Å². The lowest BCUT2D eigenvalue weighted by molar-refractivity contribution is 0.133. The summed E-state index contributed by atoms with van der Waals surface area (Å²) in [6.45, 7) is 2.67. The minimum absolute atomic E-state index is 0.0298. The lowest BCUT2D eigenvalue weighted by atomic mass is 10.0. The standard InChI is InChI=1S/C16H20N2O/c1-13(18-12-15-9-5-6-10-17-15)16(19)11-14-7-3-2-4-8-14/h2-10,13,16,18-19H,11-12H2,1H3. The van der Waals surface area contributed by atoms with Gasteiger partial charge in [0.05, 0.1) is 11.8 Å². The molecular weight excluding hydrogens is 236 g/mol. The van der Waals surface area contributed by atoms with E-state index in [0.29, 0.717) is 13.0 Å². The molecule has 0 fully saturated rings. The summed E-state index contributed by atoms with van der Waals surface area (Å²) in [5.74, 6) is 0. The Labute approximate surface area is 114 Å². The van der Waals surface area contributed by atoms with Gasteiger partial charge in [-0.3, -0.25) is 4.98 Å². The Morgan fingerprint density at radius 2 is 1.84 bits per heavy atom. The highest BCUT2D eigenvalue weighted by atomic mass is 16.3. The predicted octanol–water partition coefficient (Wildman–Crippen LogP) is 2.16. The molecule has 0 bridgehead atoms. The molecular formula is C16H20N2O. The summed E-state index contributed by atoms with van der Waals surface area (Å²) < 4.78 is 0. The van der Waals surface area contributed by atoms with Crippen LogP contribution in [0.2, 0.25) is 0 Å². The molecule has 2 atom stereocenters. The number of pyridine rings is 1. The molecule has 2 aromatic rings. The van der Waals surface area contributed by atoms with Crippen LogP contribution in [0.4, 0.5) is 0 Å². The molecule has 1 aromatic heterocycles. The van der Waals surface area contributed by atoms with Crippen LogP contribution in [0.3, 0.4) is 0 Å². The van der Waals surface area contributed by atoms with Crippen LogP contribution in [0.25, 0.3) is 0 Å². The Morgan fingerprint density at radius 3 is 2.53 bits per heavy atom. The van der Waals surface area contributed by atoms with Crippen molar-refractivity contribution in [3.63, 3.8) is 0 Å². The highest BCUT2D eigenvalue weighted by molar-refractivity contribution is 5.15. The Morgan fingerprint density at radius 1 is 1.11 bits per heavy atom. The van der Waals surface area contributed by atoms with Crippen molar-refractivity contribution in [3.8, 4) is 0 Å². The number of hydrogen-bond acceptors (Lipinski definition) is 3. The molecule has 3 heteroatoms. The SMILES string of the molecule is CC(NCc1ccccn1)C(O)Cc1ccccc1. The zero-order valence-corrected chi connectivity index (χ0v) is 11.2. The topological polar surface area (TPSA) is 45.2 Å². The van der Waals surface area contributed by atoms with Crippen LogP contribution in [0, 0.1) is 0 Å². The van der Waals surface area contributed by atoms with Gasteiger partial charge in [-0.05, 0) is 31.0 Å². The summed E-state index contributed by atoms with van der Waals surface area (Å²) in [7, 11) is 0. The summed E-state index contributed by atoms with van der Waals surface area (Å²) in [5, 5.41) is 13.5. The molecule has 0 spiro atoms. The van der Waals surface area contributed by atoms with Crippen molar-refractivity contribution in [3.05, 3.63) is 66.0 Å². The molecule has 2 N–H and O–H groups in total. The number of nitrogens with one attached hydrogen (secondary N) is 1. The smallest absolute Gasteiger partial charge is 0.0730 e. The highest BCUT2D eigenvalue weighted by Gasteiger charge is 2.14. The summed E-state index contributed by atoms with van der Waals surface area (Å²) in [6, 6.07) is 15.9. The average Bonchev–Trinajstić information content (AvgIpc) is 2.47. The second-order valence-electron chi connectivity index (χ2n) is 4.75. The maximum absolute atomic E-state index is 10.2. The number of hydrogen-bond donors (Lipinski definition) is 2. The third-order valence-corrected chi connectivity index (χ3v) is 3.20. The molecule has 0 radical (unpaired) electrons. The lowest BCUT2D eigenvalue weighted by Gasteiger charge is -2.20. The first kappa shape index (κ1) is 13.7. The number of rotatable bonds is 6. The Kier molecular flexibility index (Phi) is 5.07. The van der Waals surface area contributed by atoms with Gasteiger partial charge >= 0.3 is 0 Å². The van der Waals surface area contributed by atoms with E-state index in [2.05, 4.69) is 10.3 Å². The van der Waals surface area contributed by atoms with E-state index < -0.39 is 6.10 Å². The summed E-state index contributed by atoms with van der Waals surface area (Å²) in [6.07, 6.45) is 2.05. The molecule has 0 amide bonds. The normalized spacial score (nSPS) is 14.0. The van der Waals surface area contributed by atoms with Crippen LogP contribution < -0.4 is 5.32 Å². The van der Waals surface area contributed by atoms with Crippen molar-refractivity contribution in [1.29, 1.82) is 0 Å². The zero-order chi connectivity index (χ0) is 13.5. The van der Waals surface area contributed by atoms with E-state index in [-0.39, 0.29) is 6.04 Å². The van der Waals surface area contributed by atoms with Gasteiger partial charge in [0.25, 0.3) is 0 Å². The van der Waals surface area contributed by atoms with Crippen molar-refractivity contribution in [2.45, 2.75) is 32.0 Å². The van der Waals surface area contributed by atoms with Crippen LogP contribution in [0.15, 0.2) is 54.7 Å². The van der Waals surface area contributed by atoms with E-state index >= 15 is 0 Å². The lowest BCUT2D eigenvalue weighted by Crippen LogP contribution is -2.38. The fraction of sp³-hybridized carbons (Fsp3) is 0.312. The summed E-state index contributed by atoms with van der Waals surface area (Å²) in [5.41, 5.74) is 2.14. The van der Waals surface area contributed by atoms with E-state index in [9.17, 15) is 5.11 Å². The third-order valence-electron chi connectivity index (χ3n) is 3.20. The van der Waals surface area contributed by atoms with Gasteiger partial charge in [-0.1, -0.05) is 36.4 Å². The molecule has 0 aliphatic rings. The van der Waals surface area contributed by atoms with Crippen LogP contribution in [0.5, 0.6) is 0 Å². The van der Waals surface area contributed by atoms with Gasteiger partial charge in [0, 0.05) is 18.8 Å². The second-order valence-corrected chi connectivity index (χ2v) is 4.75. The molecule has 3 nitrogen and oxygen atoms in total. The minimum atomic E-state index is -0.397. The predicted molar refractivity (Wildman–Crippen MR) is 76.7 cm³/mol. The molecule has 19 heavy (non-hydrogen) atoms. The fourth-order valence-electron chi connectivity index (χ4n) is 1.94. The molecule has 0 aliphatic heterocycles. The number of benzene rings is 1. The van der Waals surface area contributed by atoms with Crippen molar-refractivity contribution < 1.29 is 5.11 Å². The van der Waals surface area contributed by atoms with Gasteiger partial charge in [0.1, 0.15) is 0 Å². The maximum atomic E-state index is 10.2. The molecule has 2 rings (SSSR count). The van der Waals surface area contributed by atoms with Crippen LogP contribution in [-0.4, -0.2) is 22.2 Å². The number of aliphatic hydroxyl groups excluding tert-OH is 1. The fourth-order valence-corrected chi connectivity index (χ4v) is 1.94. The number of aromatic nitrogens is 1. The van der Waals surface area contributed by atoms with Gasteiger partial charge in [0.15, 0.2) is 0 Å². The van der Waals surface area contributed by atoms with Crippen molar-refractivity contribution in [1.82, 2.24) is 10.3 Å². The zero-order valence-electron chi connectivity index (χ0n) is 11.2. The van der Waals surface area contributed by atoms with E-state index in [1.165, 1.54) is 0 Å². The number of aliphatic hydroxyl groups is 1. The molecule has 100 valence electrons. The minimum Gasteiger partial charge on any atom is -0.391 e. The van der Waals surface area contributed by atoms with E-state index in [1.807, 2.05) is 55.5 Å². The van der Waals surface area contributed by atoms with Gasteiger partial charge in [0.2, 0.25) is 0 Å². The van der Waals surface area contributed by atoms with Gasteiger partial charge in [-0.25, -0.2) is 0 Å². The molecule has 1 heterocycles. The van der Waals surface area contributed by atoms with Crippen LogP contribution in [-0.2, 0) is 13.0 Å². The Hall–Kier alpha value is -1.71. The van der Waals surface area contributed by atoms with Crippen molar-refractivity contribution in [2.24, 2.45) is 0 Å². The van der Waals surface area contributed by atoms with Gasteiger partial charge < -0.3 is 10.4 Å². The first-order valence-electron chi connectivity index (χ1n) is 6.61. The summed E-state index contributed by atoms with van der Waals surface area (Å²) in [4.78, 5) is 4.25. The van der Waals surface area contributed by atoms with E-state index in [4.69, 9.17) is 0 Å². The number of nitrogens with zero attached hydrogens (tertiary/aromatic N) is 1. The van der Waals surface area contributed by atoms with E-state index in [0.717, 1.165) is 11.3 Å². The Bertz CT molecular complexity index is 473. The molecule has 1 aromatic carbocycles. The van der Waals surface area contributed by atoms with Crippen molar-refractivity contribution in [2.75, 3.05) is 0 Å².